The molecule has 2 aromatic heterocycles. The maximum Gasteiger partial charge on any atom is 0.241 e. The molecule has 0 N–H and O–H groups in total. The van der Waals surface area contributed by atoms with Gasteiger partial charge in [-0.1, -0.05) is 218 Å². The molecular weight excluding hydrogens is 945 g/mol. The molecule has 360 valence electrons. The molecule has 13 rings (SSSR count). The van der Waals surface area contributed by atoms with E-state index < -0.39 is 10.0 Å². The zero-order valence-electron chi connectivity index (χ0n) is 41.3. The molecule has 76 heavy (non-hydrogen) atoms. The van der Waals surface area contributed by atoms with Gasteiger partial charge < -0.3 is 0 Å². The number of anilines is 3. The lowest BCUT2D eigenvalue weighted by atomic mass is 10.1. The molecule has 0 amide bonds. The van der Waals surface area contributed by atoms with Crippen molar-refractivity contribution in [3.05, 3.63) is 291 Å². The Kier molecular flexibility index (Phi) is 12.2. The largest absolute Gasteiger partial charge is 0.247 e. The molecule has 11 aromatic carbocycles. The molecule has 0 radical (unpaired) electrons. The molecule has 0 bridgehead atoms. The molecule has 6 nitrogen and oxygen atoms in total. The average Bonchev–Trinajstić information content (AvgIpc) is 3.52. The Bertz CT molecular complexity index is 4000. The molecule has 0 aliphatic carbocycles. The van der Waals surface area contributed by atoms with Crippen LogP contribution in [-0.2, 0) is 0 Å². The van der Waals surface area contributed by atoms with E-state index in [1.807, 2.05) is 89.8 Å². The smallest absolute Gasteiger partial charge is 0.241 e. The zero-order chi connectivity index (χ0) is 50.7. The predicted octanol–water partition coefficient (Wildman–Crippen LogP) is 18.1. The number of hydrogen-bond acceptors (Lipinski definition) is 6. The van der Waals surface area contributed by atoms with Gasteiger partial charge in [0.05, 0.1) is 11.4 Å². The van der Waals surface area contributed by atoms with Crippen molar-refractivity contribution in [2.24, 2.45) is 0 Å². The van der Waals surface area contributed by atoms with E-state index in [0.717, 1.165) is 39.2 Å². The minimum absolute atomic E-state index is 0.397. The summed E-state index contributed by atoms with van der Waals surface area (Å²) in [5.74, 6) is 1.92. The summed E-state index contributed by atoms with van der Waals surface area (Å²) in [6, 6.07) is 101. The first-order chi connectivity index (χ1) is 37.6. The third kappa shape index (κ3) is 8.85. The number of fused-ring (bicyclic) bond motifs is 2. The minimum atomic E-state index is -2.08. The van der Waals surface area contributed by atoms with E-state index in [4.69, 9.17) is 24.9 Å². The highest BCUT2D eigenvalue weighted by Gasteiger charge is 2.34. The third-order valence-corrected chi connectivity index (χ3v) is 17.8. The number of hydrogen-bond donors (Lipinski definition) is 0. The van der Waals surface area contributed by atoms with E-state index in [-0.39, 0.29) is 0 Å². The SMILES string of the molecule is c1ccc(-c2ccc(S(c3ccc(-c4ccc(N(c5nccc(-c6ccccc6)n5)c5nc(-c6ccccc6)nc(-c6ccccc6)n5)cc4)cc3)(c3ccc4ccccc4c3)c3ccc4ccccc4c3)cc2)cc1. The van der Waals surface area contributed by atoms with Crippen molar-refractivity contribution in [2.45, 2.75) is 19.6 Å². The van der Waals surface area contributed by atoms with Crippen LogP contribution in [0.2, 0.25) is 0 Å². The Morgan fingerprint density at radius 2 is 0.645 bits per heavy atom. The quantitative estimate of drug-likeness (QED) is 0.121. The summed E-state index contributed by atoms with van der Waals surface area (Å²) in [4.78, 5) is 32.3. The lowest BCUT2D eigenvalue weighted by molar-refractivity contribution is 0.982. The summed E-state index contributed by atoms with van der Waals surface area (Å²) >= 11 is 0. The fourth-order valence-corrected chi connectivity index (χ4v) is 14.0. The standard InChI is InChI=1S/C69H48N6S/c1-5-17-49(18-6-1)53-31-39-61(40-32-53)76(63-43-35-50-19-13-15-27-58(50)47-63,64-44-36-51-20-14-16-28-59(51)48-64)62-41-33-54(34-42-62)52-29-37-60(38-30-52)75(68-70-46-45-65(71-68)55-21-7-2-8-22-55)69-73-66(56-23-9-3-10-24-56)72-67(74-69)57-25-11-4-12-26-57/h1-48H. The number of benzene rings is 11. The zero-order valence-corrected chi connectivity index (χ0v) is 42.1. The second-order valence-electron chi connectivity index (χ2n) is 18.5. The molecule has 0 saturated heterocycles. The Balaban J connectivity index is 0.947. The van der Waals surface area contributed by atoms with Crippen LogP contribution in [0.3, 0.4) is 0 Å². The van der Waals surface area contributed by atoms with Crippen molar-refractivity contribution < 1.29 is 0 Å². The van der Waals surface area contributed by atoms with Gasteiger partial charge in [0.25, 0.3) is 0 Å². The predicted molar refractivity (Wildman–Crippen MR) is 312 cm³/mol. The van der Waals surface area contributed by atoms with Crippen LogP contribution in [0.15, 0.2) is 311 Å². The molecule has 13 aromatic rings. The molecule has 0 fully saturated rings. The summed E-state index contributed by atoms with van der Waals surface area (Å²) < 4.78 is 0. The van der Waals surface area contributed by atoms with Gasteiger partial charge in [0.1, 0.15) is 0 Å². The van der Waals surface area contributed by atoms with Crippen LogP contribution in [0.25, 0.3) is 77.8 Å². The molecule has 7 heteroatoms. The lowest BCUT2D eigenvalue weighted by Crippen LogP contribution is -2.18. The van der Waals surface area contributed by atoms with Crippen LogP contribution < -0.4 is 4.90 Å². The van der Waals surface area contributed by atoms with Crippen molar-refractivity contribution in [1.29, 1.82) is 0 Å². The van der Waals surface area contributed by atoms with Crippen molar-refractivity contribution in [1.82, 2.24) is 24.9 Å². The monoisotopic (exact) mass is 992 g/mol. The molecule has 0 spiro atoms. The van der Waals surface area contributed by atoms with Gasteiger partial charge in [-0.05, 0) is 111 Å². The van der Waals surface area contributed by atoms with Crippen LogP contribution in [0.1, 0.15) is 0 Å². The van der Waals surface area contributed by atoms with E-state index in [1.165, 1.54) is 52.3 Å². The molecule has 2 heterocycles. The number of aromatic nitrogens is 5. The number of nitrogens with zero attached hydrogens (tertiary/aromatic N) is 6. The maximum atomic E-state index is 5.16. The first-order valence-corrected chi connectivity index (χ1v) is 27.0. The summed E-state index contributed by atoms with van der Waals surface area (Å²) in [6.45, 7) is 0. The van der Waals surface area contributed by atoms with E-state index in [1.54, 1.807) is 6.20 Å². The fourth-order valence-electron chi connectivity index (χ4n) is 10.1. The maximum absolute atomic E-state index is 5.16. The second-order valence-corrected chi connectivity index (χ2v) is 21.7. The Morgan fingerprint density at radius 1 is 0.263 bits per heavy atom. The van der Waals surface area contributed by atoms with Crippen LogP contribution >= 0.6 is 10.0 Å². The van der Waals surface area contributed by atoms with Gasteiger partial charge in [-0.2, -0.15) is 9.97 Å². The van der Waals surface area contributed by atoms with E-state index in [0.29, 0.717) is 23.5 Å². The summed E-state index contributed by atoms with van der Waals surface area (Å²) in [7, 11) is -2.08. The summed E-state index contributed by atoms with van der Waals surface area (Å²) in [6.07, 6.45) is 1.79. The summed E-state index contributed by atoms with van der Waals surface area (Å²) in [5, 5.41) is 4.86. The molecule has 0 saturated carbocycles. The molecule has 0 aliphatic heterocycles. The lowest BCUT2D eigenvalue weighted by Gasteiger charge is -2.42. The Morgan fingerprint density at radius 3 is 1.12 bits per heavy atom. The number of rotatable bonds is 12. The van der Waals surface area contributed by atoms with Gasteiger partial charge in [-0.15, -0.1) is 10.0 Å². The average molecular weight is 993 g/mol. The van der Waals surface area contributed by atoms with Crippen LogP contribution in [0, 0.1) is 0 Å². The molecule has 0 unspecified atom stereocenters. The van der Waals surface area contributed by atoms with E-state index in [9.17, 15) is 0 Å². The highest BCUT2D eigenvalue weighted by molar-refractivity contribution is 8.34. The Hall–Kier alpha value is -9.82. The fraction of sp³-hybridized carbons (Fsp3) is 0. The van der Waals surface area contributed by atoms with Gasteiger partial charge in [-0.25, -0.2) is 19.9 Å². The van der Waals surface area contributed by atoms with Gasteiger partial charge in [0, 0.05) is 42.5 Å². The van der Waals surface area contributed by atoms with Gasteiger partial charge in [0.15, 0.2) is 11.6 Å². The third-order valence-electron chi connectivity index (χ3n) is 13.9. The van der Waals surface area contributed by atoms with E-state index in [2.05, 4.69) is 200 Å². The first-order valence-electron chi connectivity index (χ1n) is 25.4. The minimum Gasteiger partial charge on any atom is -0.247 e. The topological polar surface area (TPSA) is 67.7 Å². The van der Waals surface area contributed by atoms with Crippen molar-refractivity contribution >= 4 is 49.2 Å². The highest BCUT2D eigenvalue weighted by Crippen LogP contribution is 2.74. The summed E-state index contributed by atoms with van der Waals surface area (Å²) in [5.41, 5.74) is 8.83. The van der Waals surface area contributed by atoms with Crippen molar-refractivity contribution in [3.63, 3.8) is 0 Å². The van der Waals surface area contributed by atoms with Gasteiger partial charge >= 0.3 is 0 Å². The van der Waals surface area contributed by atoms with Crippen LogP contribution in [0.5, 0.6) is 0 Å². The molecule has 0 atom stereocenters. The molecule has 0 aliphatic rings. The van der Waals surface area contributed by atoms with Gasteiger partial charge in [0.2, 0.25) is 11.9 Å². The van der Waals surface area contributed by atoms with E-state index >= 15 is 0 Å². The Labute approximate surface area is 443 Å². The van der Waals surface area contributed by atoms with Gasteiger partial charge in [-0.3, -0.25) is 0 Å². The van der Waals surface area contributed by atoms with Crippen LogP contribution in [0.4, 0.5) is 17.6 Å². The second kappa shape index (κ2) is 20.2. The highest BCUT2D eigenvalue weighted by atomic mass is 32.3. The van der Waals surface area contributed by atoms with Crippen molar-refractivity contribution in [2.75, 3.05) is 4.90 Å². The normalized spacial score (nSPS) is 11.6. The molecular formula is C69H48N6S. The van der Waals surface area contributed by atoms with Crippen molar-refractivity contribution in [3.8, 4) is 56.3 Å². The van der Waals surface area contributed by atoms with Crippen LogP contribution in [-0.4, -0.2) is 24.9 Å². The first kappa shape index (κ1) is 46.0.